The molecule has 11 heteroatoms. The average molecular weight is 472 g/mol. The van der Waals surface area contributed by atoms with Gasteiger partial charge < -0.3 is 14.8 Å². The van der Waals surface area contributed by atoms with Crippen molar-refractivity contribution < 1.29 is 27.1 Å². The summed E-state index contributed by atoms with van der Waals surface area (Å²) in [6.07, 6.45) is 1.10. The van der Waals surface area contributed by atoms with Crippen molar-refractivity contribution in [1.82, 2.24) is 0 Å². The van der Waals surface area contributed by atoms with E-state index in [1.165, 1.54) is 37.4 Å². The number of amides is 1. The monoisotopic (exact) mass is 472 g/mol. The fraction of sp³-hybridized carbons (Fsp3) is 0.211. The third-order valence-corrected chi connectivity index (χ3v) is 5.85. The van der Waals surface area contributed by atoms with Gasteiger partial charge in [-0.25, -0.2) is 8.42 Å². The fourth-order valence-electron chi connectivity index (χ4n) is 2.47. The molecule has 0 fully saturated rings. The molecule has 0 saturated heterocycles. The first kappa shape index (κ1) is 24.1. The van der Waals surface area contributed by atoms with Gasteiger partial charge in [-0.05, 0) is 55.7 Å². The summed E-state index contributed by atoms with van der Waals surface area (Å²) >= 11 is 0. The number of ether oxygens (including phenoxy) is 2. The Bertz CT molecular complexity index is 1040. The molecule has 0 aromatic heterocycles. The maximum atomic E-state index is 13.7. The van der Waals surface area contributed by atoms with Gasteiger partial charge >= 0.3 is 0 Å². The van der Waals surface area contributed by atoms with E-state index < -0.39 is 21.3 Å². The van der Waals surface area contributed by atoms with Gasteiger partial charge in [-0.1, -0.05) is 12.6 Å². The zero-order chi connectivity index (χ0) is 22.5. The smallest absolute Gasteiger partial charge is 0.270 e. The third kappa shape index (κ3) is 6.14. The SMILES string of the molecule is C=CC(=O)Nc1ccc(S(=O)(=O)N(C)c2cccc(OC(F)(P)P)c2)c(OCC)c1. The van der Waals surface area contributed by atoms with Gasteiger partial charge in [-0.3, -0.25) is 9.10 Å². The second-order valence-electron chi connectivity index (χ2n) is 6.06. The highest BCUT2D eigenvalue weighted by Crippen LogP contribution is 2.35. The Kier molecular flexibility index (Phi) is 7.81. The summed E-state index contributed by atoms with van der Waals surface area (Å²) in [7, 11) is 1.07. The molecule has 0 aliphatic heterocycles. The van der Waals surface area contributed by atoms with E-state index in [0.717, 1.165) is 10.4 Å². The molecule has 0 radical (unpaired) electrons. The lowest BCUT2D eigenvalue weighted by molar-refractivity contribution is -0.111. The highest BCUT2D eigenvalue weighted by molar-refractivity contribution is 7.92. The number of hydrogen-bond acceptors (Lipinski definition) is 5. The van der Waals surface area contributed by atoms with Crippen LogP contribution < -0.4 is 19.1 Å². The average Bonchev–Trinajstić information content (AvgIpc) is 2.66. The predicted octanol–water partition coefficient (Wildman–Crippen LogP) is 3.74. The van der Waals surface area contributed by atoms with Gasteiger partial charge in [0.15, 0.2) is 0 Å². The first-order valence-corrected chi connectivity index (χ1v) is 11.3. The highest BCUT2D eigenvalue weighted by Gasteiger charge is 2.27. The van der Waals surface area contributed by atoms with Crippen LogP contribution in [0.4, 0.5) is 15.8 Å². The molecule has 0 heterocycles. The zero-order valence-corrected chi connectivity index (χ0v) is 19.6. The summed E-state index contributed by atoms with van der Waals surface area (Å²) in [5, 5.41) is 0.478. The summed E-state index contributed by atoms with van der Waals surface area (Å²) < 4.78 is 51.8. The number of rotatable bonds is 9. The Balaban J connectivity index is 2.43. The first-order chi connectivity index (χ1) is 14.0. The number of nitrogens with one attached hydrogen (secondary N) is 1. The summed E-state index contributed by atoms with van der Waals surface area (Å²) in [6, 6.07) is 10.2. The van der Waals surface area contributed by atoms with Crippen LogP contribution in [0.15, 0.2) is 60.0 Å². The van der Waals surface area contributed by atoms with Crippen LogP contribution in [0.5, 0.6) is 11.5 Å². The van der Waals surface area contributed by atoms with E-state index in [1.54, 1.807) is 19.1 Å². The van der Waals surface area contributed by atoms with Crippen LogP contribution in [0, 0.1) is 0 Å². The predicted molar refractivity (Wildman–Crippen MR) is 122 cm³/mol. The molecule has 7 nitrogen and oxygen atoms in total. The standard InChI is InChI=1S/C19H23FN2O5P2S/c1-4-18(23)21-13-9-10-17(16(11-13)26-5-2)30(24,25)22(3)14-7-6-8-15(12-14)27-19(20,28)29/h4,6-12H,1,5,28-29H2,2-3H3,(H,21,23). The van der Waals surface area contributed by atoms with Crippen molar-refractivity contribution in [3.05, 3.63) is 55.1 Å². The topological polar surface area (TPSA) is 84.9 Å². The number of benzene rings is 2. The molecule has 2 rings (SSSR count). The largest absolute Gasteiger partial charge is 0.492 e. The Morgan fingerprint density at radius 3 is 2.60 bits per heavy atom. The van der Waals surface area contributed by atoms with Gasteiger partial charge in [-0.2, -0.15) is 4.39 Å². The number of nitrogens with zero attached hydrogens (tertiary/aromatic N) is 1. The fourth-order valence-corrected chi connectivity index (χ4v) is 4.04. The van der Waals surface area contributed by atoms with Gasteiger partial charge in [-0.15, -0.1) is 0 Å². The molecule has 1 N–H and O–H groups in total. The van der Waals surface area contributed by atoms with E-state index in [0.29, 0.717) is 5.69 Å². The molecule has 0 aliphatic rings. The number of sulfonamides is 1. The Hall–Kier alpha value is -2.21. The Labute approximate surface area is 180 Å². The van der Waals surface area contributed by atoms with Crippen molar-refractivity contribution in [3.63, 3.8) is 0 Å². The summed E-state index contributed by atoms with van der Waals surface area (Å²) in [6.45, 7) is 5.31. The molecule has 2 unspecified atom stereocenters. The lowest BCUT2D eigenvalue weighted by Crippen LogP contribution is -2.27. The van der Waals surface area contributed by atoms with Crippen molar-refractivity contribution in [2.45, 2.75) is 17.2 Å². The van der Waals surface area contributed by atoms with Crippen LogP contribution in [-0.2, 0) is 14.8 Å². The van der Waals surface area contributed by atoms with Gasteiger partial charge in [0.2, 0.25) is 5.91 Å². The van der Waals surface area contributed by atoms with Crippen molar-refractivity contribution in [2.24, 2.45) is 0 Å². The lowest BCUT2D eigenvalue weighted by atomic mass is 10.3. The van der Waals surface area contributed by atoms with E-state index in [4.69, 9.17) is 9.47 Å². The van der Waals surface area contributed by atoms with E-state index >= 15 is 0 Å². The molecule has 0 spiro atoms. The number of anilines is 2. The van der Waals surface area contributed by atoms with E-state index in [9.17, 15) is 17.6 Å². The molecule has 30 heavy (non-hydrogen) atoms. The van der Waals surface area contributed by atoms with Crippen LogP contribution >= 0.6 is 18.5 Å². The van der Waals surface area contributed by atoms with Crippen LogP contribution in [0.25, 0.3) is 0 Å². The molecular formula is C19H23FN2O5P2S. The third-order valence-electron chi connectivity index (χ3n) is 3.79. The van der Waals surface area contributed by atoms with Gasteiger partial charge in [0, 0.05) is 24.9 Å². The maximum absolute atomic E-state index is 13.7. The van der Waals surface area contributed by atoms with Crippen LogP contribution in [-0.4, -0.2) is 33.3 Å². The van der Waals surface area contributed by atoms with E-state index in [1.807, 2.05) is 18.5 Å². The lowest BCUT2D eigenvalue weighted by Gasteiger charge is -2.23. The minimum Gasteiger partial charge on any atom is -0.492 e. The molecule has 2 atom stereocenters. The minimum atomic E-state index is -4.04. The molecule has 162 valence electrons. The number of alkyl halides is 1. The van der Waals surface area contributed by atoms with Crippen LogP contribution in [0.3, 0.4) is 0 Å². The van der Waals surface area contributed by atoms with Crippen molar-refractivity contribution >= 4 is 45.8 Å². The normalized spacial score (nSPS) is 11.5. The Morgan fingerprint density at radius 2 is 2.00 bits per heavy atom. The molecule has 2 aromatic rings. The zero-order valence-electron chi connectivity index (χ0n) is 16.5. The molecule has 1 amide bonds. The van der Waals surface area contributed by atoms with Gasteiger partial charge in [0.05, 0.1) is 12.3 Å². The summed E-state index contributed by atoms with van der Waals surface area (Å²) in [4.78, 5) is 11.4. The van der Waals surface area contributed by atoms with E-state index in [2.05, 4.69) is 11.9 Å². The van der Waals surface area contributed by atoms with Crippen molar-refractivity contribution in [3.8, 4) is 11.5 Å². The summed E-state index contributed by atoms with van der Waals surface area (Å²) in [5.74, 6) is -0.208. The Morgan fingerprint density at radius 1 is 1.30 bits per heavy atom. The molecular weight excluding hydrogens is 449 g/mol. The van der Waals surface area contributed by atoms with Crippen molar-refractivity contribution in [1.29, 1.82) is 0 Å². The van der Waals surface area contributed by atoms with E-state index in [-0.39, 0.29) is 28.7 Å². The van der Waals surface area contributed by atoms with Gasteiger partial charge in [0.25, 0.3) is 15.4 Å². The first-order valence-electron chi connectivity index (χ1n) is 8.73. The van der Waals surface area contributed by atoms with Crippen LogP contribution in [0.1, 0.15) is 6.92 Å². The number of carbonyl (C=O) groups excluding carboxylic acids is 1. The molecule has 0 aliphatic carbocycles. The second kappa shape index (κ2) is 9.73. The van der Waals surface area contributed by atoms with Crippen molar-refractivity contribution in [2.75, 3.05) is 23.3 Å². The second-order valence-corrected chi connectivity index (χ2v) is 10.2. The molecule has 0 bridgehead atoms. The summed E-state index contributed by atoms with van der Waals surface area (Å²) in [5.41, 5.74) is 0.624. The number of halogens is 1. The maximum Gasteiger partial charge on any atom is 0.270 e. The quantitative estimate of drug-likeness (QED) is 0.444. The number of carbonyl (C=O) groups is 1. The molecule has 2 aromatic carbocycles. The van der Waals surface area contributed by atoms with Gasteiger partial charge in [0.1, 0.15) is 16.4 Å². The highest BCUT2D eigenvalue weighted by atomic mass is 32.2. The minimum absolute atomic E-state index is 0.0799. The molecule has 0 saturated carbocycles. The van der Waals surface area contributed by atoms with Crippen LogP contribution in [0.2, 0.25) is 0 Å². The number of hydrogen-bond donors (Lipinski definition) is 1.